The Labute approximate surface area is 178 Å². The second-order valence-electron chi connectivity index (χ2n) is 6.48. The number of para-hydroxylation sites is 1. The monoisotopic (exact) mass is 431 g/mol. The van der Waals surface area contributed by atoms with Gasteiger partial charge >= 0.3 is 5.97 Å². The van der Waals surface area contributed by atoms with Gasteiger partial charge in [-0.15, -0.1) is 10.2 Å². The molecule has 0 saturated carbocycles. The number of carbonyl (C=O) groups is 1. The van der Waals surface area contributed by atoms with E-state index in [0.717, 1.165) is 11.8 Å². The van der Waals surface area contributed by atoms with Crippen molar-refractivity contribution in [2.45, 2.75) is 31.7 Å². The van der Waals surface area contributed by atoms with Crippen molar-refractivity contribution in [3.8, 4) is 17.2 Å². The summed E-state index contributed by atoms with van der Waals surface area (Å²) in [5.74, 6) is 0.932. The smallest absolute Gasteiger partial charge is 0.316 e. The van der Waals surface area contributed by atoms with Gasteiger partial charge in [-0.2, -0.15) is 0 Å². The molecule has 0 spiro atoms. The fourth-order valence-electron chi connectivity index (χ4n) is 2.60. The molecule has 1 heterocycles. The van der Waals surface area contributed by atoms with Gasteiger partial charge in [0.15, 0.2) is 11.0 Å². The summed E-state index contributed by atoms with van der Waals surface area (Å²) < 4.78 is 32.1. The first kappa shape index (κ1) is 21.6. The molecule has 0 aliphatic heterocycles. The number of thioether (sulfide) groups is 1. The molecule has 0 bridgehead atoms. The predicted molar refractivity (Wildman–Crippen MR) is 111 cm³/mol. The topological polar surface area (TPSA) is 75.5 Å². The zero-order valence-corrected chi connectivity index (χ0v) is 17.7. The van der Waals surface area contributed by atoms with Crippen LogP contribution in [0.1, 0.15) is 19.7 Å². The van der Waals surface area contributed by atoms with Crippen LogP contribution < -0.4 is 9.47 Å². The number of methoxy groups -OCH3 is 1. The van der Waals surface area contributed by atoms with E-state index in [1.807, 2.05) is 0 Å². The summed E-state index contributed by atoms with van der Waals surface area (Å²) in [6.45, 7) is 3.61. The number of esters is 1. The van der Waals surface area contributed by atoms with Crippen molar-refractivity contribution in [1.82, 2.24) is 14.8 Å². The Kier molecular flexibility index (Phi) is 7.29. The minimum absolute atomic E-state index is 0.0318. The Morgan fingerprint density at radius 2 is 1.80 bits per heavy atom. The molecule has 0 saturated heterocycles. The highest BCUT2D eigenvalue weighted by Gasteiger charge is 2.19. The molecule has 7 nitrogen and oxygen atoms in total. The summed E-state index contributed by atoms with van der Waals surface area (Å²) in [6, 6.07) is 13.4. The standard InChI is InChI=1S/C21H22FN3O4S/c1-14(2)29-20(26)13-30-21-24-23-19(25(21)18-7-5-4-6-17(18)22)12-28-16-10-8-15(27-3)9-11-16/h4-11,14H,12-13H2,1-3H3. The Bertz CT molecular complexity index is 992. The van der Waals surface area contributed by atoms with Crippen LogP contribution in [0.25, 0.3) is 5.69 Å². The highest BCUT2D eigenvalue weighted by molar-refractivity contribution is 7.99. The van der Waals surface area contributed by atoms with Gasteiger partial charge in [-0.05, 0) is 50.2 Å². The molecule has 0 radical (unpaired) electrons. The summed E-state index contributed by atoms with van der Waals surface area (Å²) in [4.78, 5) is 11.9. The van der Waals surface area contributed by atoms with Crippen LogP contribution >= 0.6 is 11.8 Å². The maximum Gasteiger partial charge on any atom is 0.316 e. The molecule has 0 atom stereocenters. The number of benzene rings is 2. The Balaban J connectivity index is 1.82. The van der Waals surface area contributed by atoms with Gasteiger partial charge < -0.3 is 14.2 Å². The van der Waals surface area contributed by atoms with Crippen molar-refractivity contribution in [2.75, 3.05) is 12.9 Å². The van der Waals surface area contributed by atoms with Gasteiger partial charge in [0.05, 0.1) is 24.7 Å². The molecule has 2 aromatic carbocycles. The van der Waals surface area contributed by atoms with Crippen molar-refractivity contribution in [3.05, 3.63) is 60.2 Å². The van der Waals surface area contributed by atoms with Crippen LogP contribution in [-0.2, 0) is 16.1 Å². The Morgan fingerprint density at radius 1 is 1.10 bits per heavy atom. The Hall–Kier alpha value is -3.07. The predicted octanol–water partition coefficient (Wildman–Crippen LogP) is 4.04. The van der Waals surface area contributed by atoms with E-state index < -0.39 is 5.82 Å². The fourth-order valence-corrected chi connectivity index (χ4v) is 3.35. The third-order valence-electron chi connectivity index (χ3n) is 3.91. The second kappa shape index (κ2) is 10.1. The first-order valence-corrected chi connectivity index (χ1v) is 10.2. The van der Waals surface area contributed by atoms with Crippen LogP contribution in [0, 0.1) is 5.82 Å². The van der Waals surface area contributed by atoms with Gasteiger partial charge in [0.2, 0.25) is 0 Å². The van der Waals surface area contributed by atoms with E-state index in [2.05, 4.69) is 10.2 Å². The molecule has 0 N–H and O–H groups in total. The molecule has 0 aliphatic rings. The molecular formula is C21H22FN3O4S. The van der Waals surface area contributed by atoms with E-state index in [4.69, 9.17) is 14.2 Å². The molecule has 158 valence electrons. The quantitative estimate of drug-likeness (QED) is 0.374. The lowest BCUT2D eigenvalue weighted by Gasteiger charge is -2.12. The number of ether oxygens (including phenoxy) is 3. The minimum Gasteiger partial charge on any atom is -0.497 e. The highest BCUT2D eigenvalue weighted by atomic mass is 32.2. The largest absolute Gasteiger partial charge is 0.497 e. The average Bonchev–Trinajstić information content (AvgIpc) is 3.13. The number of carbonyl (C=O) groups excluding carboxylic acids is 1. The van der Waals surface area contributed by atoms with Crippen LogP contribution in [0.4, 0.5) is 4.39 Å². The molecule has 0 fully saturated rings. The zero-order valence-electron chi connectivity index (χ0n) is 16.9. The lowest BCUT2D eigenvalue weighted by molar-refractivity contribution is -0.144. The minimum atomic E-state index is -0.436. The van der Waals surface area contributed by atoms with Gasteiger partial charge in [0.1, 0.15) is 23.9 Å². The number of hydrogen-bond donors (Lipinski definition) is 0. The fraction of sp³-hybridized carbons (Fsp3) is 0.286. The third-order valence-corrected chi connectivity index (χ3v) is 4.81. The van der Waals surface area contributed by atoms with E-state index in [0.29, 0.717) is 22.5 Å². The van der Waals surface area contributed by atoms with Gasteiger partial charge in [0.25, 0.3) is 0 Å². The van der Waals surface area contributed by atoms with Crippen LogP contribution in [0.2, 0.25) is 0 Å². The molecule has 1 aromatic heterocycles. The summed E-state index contributed by atoms with van der Waals surface area (Å²) in [6.07, 6.45) is -0.212. The molecule has 3 rings (SSSR count). The van der Waals surface area contributed by atoms with E-state index in [-0.39, 0.29) is 30.1 Å². The van der Waals surface area contributed by atoms with Gasteiger partial charge in [-0.1, -0.05) is 23.9 Å². The van der Waals surface area contributed by atoms with Crippen molar-refractivity contribution in [1.29, 1.82) is 0 Å². The Morgan fingerprint density at radius 3 is 2.47 bits per heavy atom. The van der Waals surface area contributed by atoms with Crippen molar-refractivity contribution < 1.29 is 23.4 Å². The van der Waals surface area contributed by atoms with E-state index in [1.54, 1.807) is 68.0 Å². The second-order valence-corrected chi connectivity index (χ2v) is 7.42. The number of hydrogen-bond acceptors (Lipinski definition) is 7. The summed E-state index contributed by atoms with van der Waals surface area (Å²) in [5.41, 5.74) is 0.274. The number of nitrogens with zero attached hydrogens (tertiary/aromatic N) is 3. The SMILES string of the molecule is COc1ccc(OCc2nnc(SCC(=O)OC(C)C)n2-c2ccccc2F)cc1. The first-order chi connectivity index (χ1) is 14.5. The van der Waals surface area contributed by atoms with Gasteiger partial charge in [0, 0.05) is 0 Å². The van der Waals surface area contributed by atoms with E-state index in [9.17, 15) is 9.18 Å². The van der Waals surface area contributed by atoms with Crippen molar-refractivity contribution in [3.63, 3.8) is 0 Å². The maximum absolute atomic E-state index is 14.5. The molecule has 0 unspecified atom stereocenters. The number of halogens is 1. The molecular weight excluding hydrogens is 409 g/mol. The van der Waals surface area contributed by atoms with Gasteiger partial charge in [-0.25, -0.2) is 4.39 Å². The zero-order chi connectivity index (χ0) is 21.5. The van der Waals surface area contributed by atoms with Crippen LogP contribution in [-0.4, -0.2) is 39.7 Å². The normalized spacial score (nSPS) is 10.8. The van der Waals surface area contributed by atoms with Crippen molar-refractivity contribution in [2.24, 2.45) is 0 Å². The third kappa shape index (κ3) is 5.50. The average molecular weight is 431 g/mol. The van der Waals surface area contributed by atoms with Gasteiger partial charge in [-0.3, -0.25) is 9.36 Å². The number of aromatic nitrogens is 3. The van der Waals surface area contributed by atoms with Crippen LogP contribution in [0.15, 0.2) is 53.7 Å². The summed E-state index contributed by atoms with van der Waals surface area (Å²) in [5, 5.41) is 8.64. The molecule has 0 amide bonds. The maximum atomic E-state index is 14.5. The molecule has 9 heteroatoms. The first-order valence-electron chi connectivity index (χ1n) is 9.26. The number of rotatable bonds is 9. The molecule has 0 aliphatic carbocycles. The lowest BCUT2D eigenvalue weighted by atomic mass is 10.3. The van der Waals surface area contributed by atoms with E-state index in [1.165, 1.54) is 6.07 Å². The van der Waals surface area contributed by atoms with Crippen LogP contribution in [0.5, 0.6) is 11.5 Å². The highest BCUT2D eigenvalue weighted by Crippen LogP contribution is 2.25. The summed E-state index contributed by atoms with van der Waals surface area (Å²) in [7, 11) is 1.59. The van der Waals surface area contributed by atoms with E-state index >= 15 is 0 Å². The molecule has 30 heavy (non-hydrogen) atoms. The van der Waals surface area contributed by atoms with Crippen molar-refractivity contribution >= 4 is 17.7 Å². The molecule has 3 aromatic rings. The summed E-state index contributed by atoms with van der Waals surface area (Å²) >= 11 is 1.12. The lowest BCUT2D eigenvalue weighted by Crippen LogP contribution is -2.14. The van der Waals surface area contributed by atoms with Crippen LogP contribution in [0.3, 0.4) is 0 Å².